The van der Waals surface area contributed by atoms with E-state index in [1.165, 1.54) is 10.9 Å². The Morgan fingerprint density at radius 1 is 1.14 bits per heavy atom. The molecule has 0 amide bonds. The fourth-order valence-electron chi connectivity index (χ4n) is 2.62. The summed E-state index contributed by atoms with van der Waals surface area (Å²) in [6.45, 7) is 7.82. The average molecular weight is 283 g/mol. The molecule has 0 atom stereocenters. The lowest BCUT2D eigenvalue weighted by Gasteiger charge is -2.07. The van der Waals surface area contributed by atoms with E-state index < -0.39 is 0 Å². The van der Waals surface area contributed by atoms with Crippen molar-refractivity contribution < 1.29 is 0 Å². The second-order valence-electron chi connectivity index (χ2n) is 5.17. The highest BCUT2D eigenvalue weighted by molar-refractivity contribution is 5.80. The molecule has 0 saturated heterocycles. The molecule has 3 rings (SSSR count). The zero-order valence-corrected chi connectivity index (χ0v) is 12.6. The predicted molar refractivity (Wildman–Crippen MR) is 84.1 cm³/mol. The van der Waals surface area contributed by atoms with Crippen molar-refractivity contribution >= 4 is 11.0 Å². The topological polar surface area (TPSA) is 47.7 Å². The number of nitrogens with one attached hydrogen (secondary N) is 1. The fraction of sp³-hybridized carbons (Fsp3) is 0.375. The van der Waals surface area contributed by atoms with E-state index in [-0.39, 0.29) is 0 Å². The van der Waals surface area contributed by atoms with E-state index >= 15 is 0 Å². The lowest BCUT2D eigenvalue weighted by molar-refractivity contribution is 0.576. The van der Waals surface area contributed by atoms with E-state index in [4.69, 9.17) is 0 Å². The molecule has 0 aliphatic rings. The summed E-state index contributed by atoms with van der Waals surface area (Å²) >= 11 is 0. The van der Waals surface area contributed by atoms with Crippen LogP contribution in [-0.2, 0) is 19.6 Å². The molecular formula is C16H21N5. The van der Waals surface area contributed by atoms with Crippen LogP contribution in [0.25, 0.3) is 11.0 Å². The number of aromatic nitrogens is 4. The zero-order chi connectivity index (χ0) is 14.7. The van der Waals surface area contributed by atoms with Gasteiger partial charge in [0.05, 0.1) is 0 Å². The molecule has 0 unspecified atom stereocenters. The van der Waals surface area contributed by atoms with Gasteiger partial charge in [-0.3, -0.25) is 0 Å². The first-order chi connectivity index (χ1) is 10.3. The molecule has 3 aromatic heterocycles. The minimum absolute atomic E-state index is 0.885. The first-order valence-electron chi connectivity index (χ1n) is 7.40. The van der Waals surface area contributed by atoms with Gasteiger partial charge in [-0.05, 0) is 31.2 Å². The van der Waals surface area contributed by atoms with Crippen LogP contribution in [0.15, 0.2) is 36.9 Å². The molecule has 0 spiro atoms. The van der Waals surface area contributed by atoms with Crippen molar-refractivity contribution in [3.8, 4) is 0 Å². The van der Waals surface area contributed by atoms with Crippen LogP contribution in [0, 0.1) is 6.92 Å². The molecule has 0 aliphatic carbocycles. The summed E-state index contributed by atoms with van der Waals surface area (Å²) in [4.78, 5) is 8.81. The highest BCUT2D eigenvalue weighted by Crippen LogP contribution is 2.19. The first-order valence-corrected chi connectivity index (χ1v) is 7.40. The Morgan fingerprint density at radius 3 is 2.76 bits per heavy atom. The van der Waals surface area contributed by atoms with Crippen LogP contribution in [0.5, 0.6) is 0 Å². The summed E-state index contributed by atoms with van der Waals surface area (Å²) in [5.74, 6) is 1.05. The summed E-state index contributed by atoms with van der Waals surface area (Å²) in [6.07, 6.45) is 7.94. The fourth-order valence-corrected chi connectivity index (χ4v) is 2.62. The lowest BCUT2D eigenvalue weighted by Crippen LogP contribution is -2.11. The molecule has 21 heavy (non-hydrogen) atoms. The second-order valence-corrected chi connectivity index (χ2v) is 5.17. The molecule has 3 aromatic rings. The molecular weight excluding hydrogens is 262 g/mol. The third-order valence-corrected chi connectivity index (χ3v) is 3.79. The molecule has 0 fully saturated rings. The number of pyridine rings is 1. The predicted octanol–water partition coefficient (Wildman–Crippen LogP) is 2.35. The van der Waals surface area contributed by atoms with E-state index in [9.17, 15) is 0 Å². The van der Waals surface area contributed by atoms with Crippen molar-refractivity contribution in [1.82, 2.24) is 24.4 Å². The molecule has 5 heteroatoms. The second kappa shape index (κ2) is 6.10. The standard InChI is InChI=1S/C16H21N5/c1-3-17-11-14-12-21(16-15(14)5-4-6-19-16)10-9-20-8-7-18-13(20)2/h4-8,12,17H,3,9-11H2,1-2H3. The molecule has 0 radical (unpaired) electrons. The minimum atomic E-state index is 0.885. The van der Waals surface area contributed by atoms with Gasteiger partial charge in [0.25, 0.3) is 0 Å². The number of hydrogen-bond donors (Lipinski definition) is 1. The van der Waals surface area contributed by atoms with E-state index in [1.54, 1.807) is 0 Å². The van der Waals surface area contributed by atoms with Crippen molar-refractivity contribution in [2.45, 2.75) is 33.5 Å². The van der Waals surface area contributed by atoms with Gasteiger partial charge in [-0.2, -0.15) is 0 Å². The third-order valence-electron chi connectivity index (χ3n) is 3.79. The number of rotatable bonds is 6. The monoisotopic (exact) mass is 283 g/mol. The van der Waals surface area contributed by atoms with Gasteiger partial charge >= 0.3 is 0 Å². The van der Waals surface area contributed by atoms with E-state index in [0.717, 1.165) is 37.7 Å². The molecule has 0 aromatic carbocycles. The molecule has 0 aliphatic heterocycles. The highest BCUT2D eigenvalue weighted by atomic mass is 15.1. The van der Waals surface area contributed by atoms with Crippen LogP contribution in [0.4, 0.5) is 0 Å². The highest BCUT2D eigenvalue weighted by Gasteiger charge is 2.09. The van der Waals surface area contributed by atoms with E-state index in [2.05, 4.69) is 43.6 Å². The van der Waals surface area contributed by atoms with Gasteiger partial charge in [0.2, 0.25) is 0 Å². The first kappa shape index (κ1) is 13.8. The summed E-state index contributed by atoms with van der Waals surface area (Å²) in [5.41, 5.74) is 2.37. The zero-order valence-electron chi connectivity index (χ0n) is 12.6. The van der Waals surface area contributed by atoms with Crippen molar-refractivity contribution in [3.63, 3.8) is 0 Å². The summed E-state index contributed by atoms with van der Waals surface area (Å²) in [5, 5.41) is 4.63. The molecule has 110 valence electrons. The van der Waals surface area contributed by atoms with Crippen LogP contribution in [-0.4, -0.2) is 25.6 Å². The largest absolute Gasteiger partial charge is 0.333 e. The average Bonchev–Trinajstić information content (AvgIpc) is 3.07. The number of imidazole rings is 1. The Hall–Kier alpha value is -2.14. The Balaban J connectivity index is 1.86. The third kappa shape index (κ3) is 2.83. The maximum atomic E-state index is 4.54. The van der Waals surface area contributed by atoms with Gasteiger partial charge in [-0.15, -0.1) is 0 Å². The Labute approximate surface area is 124 Å². The van der Waals surface area contributed by atoms with E-state index in [0.29, 0.717) is 0 Å². The van der Waals surface area contributed by atoms with Crippen LogP contribution < -0.4 is 5.32 Å². The van der Waals surface area contributed by atoms with E-state index in [1.807, 2.05) is 31.6 Å². The molecule has 5 nitrogen and oxygen atoms in total. The molecule has 0 saturated carbocycles. The molecule has 0 bridgehead atoms. The van der Waals surface area contributed by atoms with Gasteiger partial charge in [0.15, 0.2) is 0 Å². The Bertz CT molecular complexity index is 725. The maximum Gasteiger partial charge on any atom is 0.140 e. The van der Waals surface area contributed by atoms with Gasteiger partial charge in [0, 0.05) is 49.8 Å². The number of fused-ring (bicyclic) bond motifs is 1. The van der Waals surface area contributed by atoms with Crippen molar-refractivity contribution in [3.05, 3.63) is 48.3 Å². The number of hydrogen-bond acceptors (Lipinski definition) is 3. The smallest absolute Gasteiger partial charge is 0.140 e. The summed E-state index contributed by atoms with van der Waals surface area (Å²) in [7, 11) is 0. The number of nitrogens with zero attached hydrogens (tertiary/aromatic N) is 4. The number of aryl methyl sites for hydroxylation is 3. The van der Waals surface area contributed by atoms with Gasteiger partial charge in [0.1, 0.15) is 11.5 Å². The lowest BCUT2D eigenvalue weighted by atomic mass is 10.2. The Morgan fingerprint density at radius 2 is 2.00 bits per heavy atom. The van der Waals surface area contributed by atoms with Crippen LogP contribution in [0.3, 0.4) is 0 Å². The quantitative estimate of drug-likeness (QED) is 0.755. The van der Waals surface area contributed by atoms with Crippen LogP contribution >= 0.6 is 0 Å². The Kier molecular flexibility index (Phi) is 4.01. The van der Waals surface area contributed by atoms with Crippen LogP contribution in [0.2, 0.25) is 0 Å². The molecule has 1 N–H and O–H groups in total. The van der Waals surface area contributed by atoms with Crippen molar-refractivity contribution in [2.75, 3.05) is 6.54 Å². The van der Waals surface area contributed by atoms with Crippen molar-refractivity contribution in [2.24, 2.45) is 0 Å². The van der Waals surface area contributed by atoms with Gasteiger partial charge in [-0.25, -0.2) is 9.97 Å². The maximum absolute atomic E-state index is 4.54. The minimum Gasteiger partial charge on any atom is -0.333 e. The van der Waals surface area contributed by atoms with Gasteiger partial charge < -0.3 is 14.5 Å². The SMILES string of the molecule is CCNCc1cn(CCn2ccnc2C)c2ncccc12. The summed E-state index contributed by atoms with van der Waals surface area (Å²) < 4.78 is 4.40. The van der Waals surface area contributed by atoms with Crippen molar-refractivity contribution in [1.29, 1.82) is 0 Å². The van der Waals surface area contributed by atoms with Crippen LogP contribution in [0.1, 0.15) is 18.3 Å². The normalized spacial score (nSPS) is 11.3. The molecule has 3 heterocycles. The summed E-state index contributed by atoms with van der Waals surface area (Å²) in [6, 6.07) is 4.15. The van der Waals surface area contributed by atoms with Gasteiger partial charge in [-0.1, -0.05) is 6.92 Å².